The van der Waals surface area contributed by atoms with Crippen LogP contribution < -0.4 is 14.8 Å². The number of likely N-dealkylation sites (tertiary alicyclic amines) is 1. The first-order valence-electron chi connectivity index (χ1n) is 11.6. The van der Waals surface area contributed by atoms with Gasteiger partial charge in [-0.1, -0.05) is 42.5 Å². The van der Waals surface area contributed by atoms with Crippen molar-refractivity contribution in [1.82, 2.24) is 10.2 Å². The molecule has 1 N–H and O–H groups in total. The van der Waals surface area contributed by atoms with Gasteiger partial charge >= 0.3 is 6.61 Å². The van der Waals surface area contributed by atoms with E-state index in [1.807, 2.05) is 42.5 Å². The van der Waals surface area contributed by atoms with E-state index in [9.17, 15) is 18.4 Å². The van der Waals surface area contributed by atoms with E-state index in [4.69, 9.17) is 4.74 Å². The van der Waals surface area contributed by atoms with Gasteiger partial charge in [0.25, 0.3) is 5.91 Å². The lowest BCUT2D eigenvalue weighted by Crippen LogP contribution is -2.45. The highest BCUT2D eigenvalue weighted by Gasteiger charge is 2.29. The number of fused-ring (bicyclic) bond motifs is 1. The number of amides is 2. The van der Waals surface area contributed by atoms with E-state index in [1.54, 1.807) is 17.0 Å². The fourth-order valence-electron chi connectivity index (χ4n) is 4.49. The van der Waals surface area contributed by atoms with Crippen LogP contribution in [-0.4, -0.2) is 50.1 Å². The van der Waals surface area contributed by atoms with Crippen molar-refractivity contribution in [2.24, 2.45) is 5.92 Å². The summed E-state index contributed by atoms with van der Waals surface area (Å²) in [5.74, 6) is -0.251. The highest BCUT2D eigenvalue weighted by Crippen LogP contribution is 2.29. The highest BCUT2D eigenvalue weighted by molar-refractivity contribution is 6.07. The van der Waals surface area contributed by atoms with E-state index in [0.29, 0.717) is 31.6 Å². The van der Waals surface area contributed by atoms with Crippen LogP contribution in [-0.2, 0) is 11.2 Å². The van der Waals surface area contributed by atoms with E-state index < -0.39 is 6.61 Å². The lowest BCUT2D eigenvalue weighted by Gasteiger charge is -2.32. The van der Waals surface area contributed by atoms with Gasteiger partial charge in [-0.05, 0) is 53.8 Å². The molecule has 0 aromatic heterocycles. The molecule has 1 aliphatic rings. The largest absolute Gasteiger partial charge is 0.493 e. The van der Waals surface area contributed by atoms with Crippen molar-refractivity contribution in [2.45, 2.75) is 25.9 Å². The quantitative estimate of drug-likeness (QED) is 0.507. The van der Waals surface area contributed by atoms with Crippen LogP contribution in [0.2, 0.25) is 0 Å². The van der Waals surface area contributed by atoms with Crippen molar-refractivity contribution in [3.63, 3.8) is 0 Å². The normalized spacial score (nSPS) is 15.8. The summed E-state index contributed by atoms with van der Waals surface area (Å²) in [5.41, 5.74) is 1.47. The predicted octanol–water partition coefficient (Wildman–Crippen LogP) is 4.66. The highest BCUT2D eigenvalue weighted by atomic mass is 19.3. The summed E-state index contributed by atoms with van der Waals surface area (Å²) in [6.07, 6.45) is 1.98. The van der Waals surface area contributed by atoms with Crippen molar-refractivity contribution in [2.75, 3.05) is 26.7 Å². The van der Waals surface area contributed by atoms with Gasteiger partial charge in [0, 0.05) is 25.2 Å². The minimum absolute atomic E-state index is 0.0338. The number of rotatable bonds is 8. The van der Waals surface area contributed by atoms with E-state index in [1.165, 1.54) is 13.2 Å². The molecular formula is C27H28F2N2O4. The molecule has 0 spiro atoms. The third kappa shape index (κ3) is 5.88. The average Bonchev–Trinajstić information content (AvgIpc) is 2.88. The number of nitrogens with one attached hydrogen (secondary N) is 1. The molecule has 3 aromatic carbocycles. The molecule has 0 radical (unpaired) electrons. The smallest absolute Gasteiger partial charge is 0.387 e. The Balaban J connectivity index is 1.34. The summed E-state index contributed by atoms with van der Waals surface area (Å²) in [6.45, 7) is -1.55. The second-order valence-corrected chi connectivity index (χ2v) is 8.52. The lowest BCUT2D eigenvalue weighted by atomic mass is 9.95. The molecule has 3 aromatic rings. The third-order valence-electron chi connectivity index (χ3n) is 6.26. The van der Waals surface area contributed by atoms with E-state index in [0.717, 1.165) is 29.2 Å². The Morgan fingerprint density at radius 3 is 2.69 bits per heavy atom. The number of methoxy groups -OCH3 is 1. The van der Waals surface area contributed by atoms with Gasteiger partial charge in [-0.3, -0.25) is 9.59 Å². The molecule has 0 saturated carbocycles. The number of hydrogen-bond donors (Lipinski definition) is 1. The van der Waals surface area contributed by atoms with Gasteiger partial charge in [0.15, 0.2) is 11.5 Å². The molecule has 1 unspecified atom stereocenters. The average molecular weight is 483 g/mol. The number of carbonyl (C=O) groups is 2. The van der Waals surface area contributed by atoms with E-state index in [-0.39, 0.29) is 29.2 Å². The van der Waals surface area contributed by atoms with Crippen molar-refractivity contribution < 1.29 is 27.8 Å². The number of alkyl halides is 2. The van der Waals surface area contributed by atoms with Crippen molar-refractivity contribution in [3.05, 3.63) is 71.8 Å². The maximum atomic E-state index is 13.3. The summed E-state index contributed by atoms with van der Waals surface area (Å²) < 4.78 is 34.6. The maximum Gasteiger partial charge on any atom is 0.387 e. The topological polar surface area (TPSA) is 67.9 Å². The first-order valence-corrected chi connectivity index (χ1v) is 11.6. The molecule has 4 rings (SSSR count). The van der Waals surface area contributed by atoms with Gasteiger partial charge in [0.1, 0.15) is 0 Å². The van der Waals surface area contributed by atoms with Crippen LogP contribution in [0.5, 0.6) is 11.5 Å². The summed E-state index contributed by atoms with van der Waals surface area (Å²) in [5, 5.41) is 4.86. The van der Waals surface area contributed by atoms with Crippen molar-refractivity contribution in [3.8, 4) is 11.5 Å². The summed E-state index contributed by atoms with van der Waals surface area (Å²) in [7, 11) is 1.38. The SMILES string of the molecule is COc1cc(CCNC(=O)C2CCCN(C(=O)c3cccc4ccccc34)C2)ccc1OC(F)F. The molecule has 6 nitrogen and oxygen atoms in total. The number of carbonyl (C=O) groups excluding carboxylic acids is 2. The third-order valence-corrected chi connectivity index (χ3v) is 6.26. The van der Waals surface area contributed by atoms with Crippen LogP contribution in [0, 0.1) is 5.92 Å². The number of ether oxygens (including phenoxy) is 2. The van der Waals surface area contributed by atoms with Crippen LogP contribution in [0.25, 0.3) is 10.8 Å². The molecule has 1 saturated heterocycles. The first-order chi connectivity index (χ1) is 17.0. The van der Waals surface area contributed by atoms with Crippen LogP contribution in [0.4, 0.5) is 8.78 Å². The minimum Gasteiger partial charge on any atom is -0.493 e. The first kappa shape index (κ1) is 24.4. The number of benzene rings is 3. The Bertz CT molecular complexity index is 1200. The van der Waals surface area contributed by atoms with E-state index >= 15 is 0 Å². The Morgan fingerprint density at radius 1 is 1.09 bits per heavy atom. The number of nitrogens with zero attached hydrogens (tertiary/aromatic N) is 1. The van der Waals surface area contributed by atoms with Gasteiger partial charge in [0.2, 0.25) is 5.91 Å². The van der Waals surface area contributed by atoms with Crippen molar-refractivity contribution >= 4 is 22.6 Å². The van der Waals surface area contributed by atoms with Crippen LogP contribution in [0.1, 0.15) is 28.8 Å². The monoisotopic (exact) mass is 482 g/mol. The Kier molecular flexibility index (Phi) is 7.80. The fraction of sp³-hybridized carbons (Fsp3) is 0.333. The maximum absolute atomic E-state index is 13.3. The molecule has 35 heavy (non-hydrogen) atoms. The van der Waals surface area contributed by atoms with E-state index in [2.05, 4.69) is 10.1 Å². The predicted molar refractivity (Wildman–Crippen MR) is 129 cm³/mol. The molecule has 1 heterocycles. The standard InChI is InChI=1S/C27H28F2N2O4/c1-34-24-16-18(11-12-23(24)35-27(28)29)13-14-30-25(32)20-8-5-15-31(17-20)26(33)22-10-4-7-19-6-2-3-9-21(19)22/h2-4,6-7,9-12,16,20,27H,5,8,13-15,17H2,1H3,(H,30,32). The number of piperidine rings is 1. The summed E-state index contributed by atoms with van der Waals surface area (Å²) >= 11 is 0. The second-order valence-electron chi connectivity index (χ2n) is 8.52. The fourth-order valence-corrected chi connectivity index (χ4v) is 4.49. The van der Waals surface area contributed by atoms with Gasteiger partial charge < -0.3 is 19.7 Å². The number of halogens is 2. The lowest BCUT2D eigenvalue weighted by molar-refractivity contribution is -0.126. The Hall–Kier alpha value is -3.68. The molecule has 1 atom stereocenters. The Morgan fingerprint density at radius 2 is 1.89 bits per heavy atom. The van der Waals surface area contributed by atoms with Gasteiger partial charge in [-0.15, -0.1) is 0 Å². The van der Waals surface area contributed by atoms with Crippen LogP contribution >= 0.6 is 0 Å². The zero-order valence-corrected chi connectivity index (χ0v) is 19.5. The number of hydrogen-bond acceptors (Lipinski definition) is 4. The van der Waals surface area contributed by atoms with Gasteiger partial charge in [0.05, 0.1) is 13.0 Å². The molecular weight excluding hydrogens is 454 g/mol. The molecule has 1 aliphatic heterocycles. The molecule has 0 bridgehead atoms. The second kappa shape index (κ2) is 11.2. The molecule has 1 fully saturated rings. The van der Waals surface area contributed by atoms with Crippen molar-refractivity contribution in [1.29, 1.82) is 0 Å². The summed E-state index contributed by atoms with van der Waals surface area (Å²) in [6, 6.07) is 18.2. The zero-order chi connectivity index (χ0) is 24.8. The molecule has 2 amide bonds. The minimum atomic E-state index is -2.93. The van der Waals surface area contributed by atoms with Gasteiger partial charge in [-0.2, -0.15) is 8.78 Å². The zero-order valence-electron chi connectivity index (χ0n) is 19.5. The van der Waals surface area contributed by atoms with Crippen LogP contribution in [0.15, 0.2) is 60.7 Å². The Labute approximate surface area is 202 Å². The molecule has 184 valence electrons. The summed E-state index contributed by atoms with van der Waals surface area (Å²) in [4.78, 5) is 27.9. The van der Waals surface area contributed by atoms with Crippen LogP contribution in [0.3, 0.4) is 0 Å². The van der Waals surface area contributed by atoms with Gasteiger partial charge in [-0.25, -0.2) is 0 Å². The molecule has 8 heteroatoms. The molecule has 0 aliphatic carbocycles.